The minimum atomic E-state index is 0.329. The summed E-state index contributed by atoms with van der Waals surface area (Å²) in [6.07, 6.45) is 4.94. The number of likely N-dealkylation sites (N-methyl/N-ethyl adjacent to an activating group) is 1. The number of hydrogen-bond donors (Lipinski definition) is 1. The third-order valence-electron chi connectivity index (χ3n) is 4.13. The predicted molar refractivity (Wildman–Crippen MR) is 77.4 cm³/mol. The molecule has 108 valence electrons. The highest BCUT2D eigenvalue weighted by molar-refractivity contribution is 5.13. The molecule has 2 atom stereocenters. The van der Waals surface area contributed by atoms with Gasteiger partial charge in [0.15, 0.2) is 0 Å². The van der Waals surface area contributed by atoms with Gasteiger partial charge in [-0.15, -0.1) is 0 Å². The SMILES string of the molecule is CCc1cc(CC(NC)C(OC)C2CC2)n(CC)n1. The van der Waals surface area contributed by atoms with Crippen molar-refractivity contribution >= 4 is 0 Å². The molecular weight excluding hydrogens is 238 g/mol. The third kappa shape index (κ3) is 3.37. The van der Waals surface area contributed by atoms with Crippen molar-refractivity contribution in [1.29, 1.82) is 0 Å². The molecule has 2 unspecified atom stereocenters. The summed E-state index contributed by atoms with van der Waals surface area (Å²) in [5.74, 6) is 0.742. The molecule has 1 aromatic rings. The zero-order chi connectivity index (χ0) is 13.8. The van der Waals surface area contributed by atoms with Crippen LogP contribution in [0.2, 0.25) is 0 Å². The van der Waals surface area contributed by atoms with Gasteiger partial charge >= 0.3 is 0 Å². The lowest BCUT2D eigenvalue weighted by atomic mass is 10.0. The molecule has 0 saturated heterocycles. The Morgan fingerprint density at radius 3 is 2.68 bits per heavy atom. The van der Waals surface area contributed by atoms with Crippen LogP contribution in [0.15, 0.2) is 6.07 Å². The topological polar surface area (TPSA) is 39.1 Å². The summed E-state index contributed by atoms with van der Waals surface area (Å²) >= 11 is 0. The van der Waals surface area contributed by atoms with Gasteiger partial charge in [0.25, 0.3) is 0 Å². The van der Waals surface area contributed by atoms with Crippen LogP contribution in [0.4, 0.5) is 0 Å². The molecule has 1 aromatic heterocycles. The molecular formula is C15H27N3O. The van der Waals surface area contributed by atoms with Gasteiger partial charge in [0.2, 0.25) is 0 Å². The molecule has 0 radical (unpaired) electrons. The minimum absolute atomic E-state index is 0.329. The van der Waals surface area contributed by atoms with E-state index in [4.69, 9.17) is 4.74 Å². The first kappa shape index (κ1) is 14.5. The van der Waals surface area contributed by atoms with Crippen molar-refractivity contribution in [3.8, 4) is 0 Å². The summed E-state index contributed by atoms with van der Waals surface area (Å²) in [5, 5.41) is 8.06. The Morgan fingerprint density at radius 2 is 2.21 bits per heavy atom. The van der Waals surface area contributed by atoms with E-state index in [0.29, 0.717) is 12.1 Å². The molecule has 0 aliphatic heterocycles. The van der Waals surface area contributed by atoms with E-state index in [-0.39, 0.29) is 0 Å². The van der Waals surface area contributed by atoms with Crippen LogP contribution in [0.1, 0.15) is 38.1 Å². The molecule has 0 aromatic carbocycles. The average Bonchev–Trinajstić information content (AvgIpc) is 3.18. The average molecular weight is 265 g/mol. The van der Waals surface area contributed by atoms with E-state index in [1.165, 1.54) is 24.2 Å². The van der Waals surface area contributed by atoms with Gasteiger partial charge in [-0.1, -0.05) is 6.92 Å². The minimum Gasteiger partial charge on any atom is -0.380 e. The van der Waals surface area contributed by atoms with Crippen molar-refractivity contribution in [1.82, 2.24) is 15.1 Å². The maximum Gasteiger partial charge on any atom is 0.0756 e. The van der Waals surface area contributed by atoms with Crippen LogP contribution in [-0.2, 0) is 24.1 Å². The summed E-state index contributed by atoms with van der Waals surface area (Å²) in [5.41, 5.74) is 2.51. The van der Waals surface area contributed by atoms with Crippen molar-refractivity contribution in [3.05, 3.63) is 17.5 Å². The van der Waals surface area contributed by atoms with E-state index in [0.717, 1.165) is 25.3 Å². The zero-order valence-corrected chi connectivity index (χ0v) is 12.6. The predicted octanol–water partition coefficient (Wildman–Crippen LogP) is 2.02. The van der Waals surface area contributed by atoms with Crippen LogP contribution in [0.3, 0.4) is 0 Å². The highest BCUT2D eigenvalue weighted by Crippen LogP contribution is 2.36. The van der Waals surface area contributed by atoms with Crippen LogP contribution in [-0.4, -0.2) is 36.1 Å². The fourth-order valence-electron chi connectivity index (χ4n) is 2.84. The smallest absolute Gasteiger partial charge is 0.0756 e. The summed E-state index contributed by atoms with van der Waals surface area (Å²) in [7, 11) is 3.87. The van der Waals surface area contributed by atoms with Crippen molar-refractivity contribution in [2.24, 2.45) is 5.92 Å². The highest BCUT2D eigenvalue weighted by Gasteiger charge is 2.36. The third-order valence-corrected chi connectivity index (χ3v) is 4.13. The quantitative estimate of drug-likeness (QED) is 0.781. The second-order valence-electron chi connectivity index (χ2n) is 5.43. The van der Waals surface area contributed by atoms with Gasteiger partial charge in [0, 0.05) is 31.8 Å². The Bertz CT molecular complexity index is 398. The van der Waals surface area contributed by atoms with Crippen molar-refractivity contribution in [2.75, 3.05) is 14.2 Å². The number of methoxy groups -OCH3 is 1. The Hall–Kier alpha value is -0.870. The van der Waals surface area contributed by atoms with Crippen LogP contribution >= 0.6 is 0 Å². The molecule has 1 fully saturated rings. The lowest BCUT2D eigenvalue weighted by Crippen LogP contribution is -2.42. The molecule has 1 heterocycles. The molecule has 2 rings (SSSR count). The van der Waals surface area contributed by atoms with E-state index < -0.39 is 0 Å². The summed E-state index contributed by atoms with van der Waals surface area (Å²) in [6.45, 7) is 5.25. The van der Waals surface area contributed by atoms with Crippen molar-refractivity contribution in [2.45, 2.75) is 58.2 Å². The van der Waals surface area contributed by atoms with E-state index >= 15 is 0 Å². The number of ether oxygens (including phenoxy) is 1. The number of aryl methyl sites for hydroxylation is 2. The van der Waals surface area contributed by atoms with Gasteiger partial charge in [-0.2, -0.15) is 5.10 Å². The first-order chi connectivity index (χ1) is 9.23. The van der Waals surface area contributed by atoms with Crippen LogP contribution in [0, 0.1) is 5.92 Å². The lowest BCUT2D eigenvalue weighted by Gasteiger charge is -2.25. The number of nitrogens with one attached hydrogen (secondary N) is 1. The van der Waals surface area contributed by atoms with Gasteiger partial charge < -0.3 is 10.1 Å². The molecule has 1 aliphatic carbocycles. The van der Waals surface area contributed by atoms with Gasteiger partial charge in [-0.25, -0.2) is 0 Å². The molecule has 4 heteroatoms. The maximum absolute atomic E-state index is 5.71. The maximum atomic E-state index is 5.71. The van der Waals surface area contributed by atoms with E-state index in [1.54, 1.807) is 0 Å². The zero-order valence-electron chi connectivity index (χ0n) is 12.6. The standard InChI is InChI=1S/C15H27N3O/c1-5-12-9-13(18(6-2)17-12)10-14(16-3)15(19-4)11-7-8-11/h9,11,14-16H,5-8,10H2,1-4H3. The molecule has 1 saturated carbocycles. The lowest BCUT2D eigenvalue weighted by molar-refractivity contribution is 0.0528. The van der Waals surface area contributed by atoms with Gasteiger partial charge in [-0.05, 0) is 45.2 Å². The van der Waals surface area contributed by atoms with Gasteiger partial charge in [0.1, 0.15) is 0 Å². The van der Waals surface area contributed by atoms with Crippen LogP contribution in [0.5, 0.6) is 0 Å². The van der Waals surface area contributed by atoms with Crippen LogP contribution in [0.25, 0.3) is 0 Å². The molecule has 1 N–H and O–H groups in total. The van der Waals surface area contributed by atoms with E-state index in [2.05, 4.69) is 35.0 Å². The number of hydrogen-bond acceptors (Lipinski definition) is 3. The summed E-state index contributed by atoms with van der Waals surface area (Å²) < 4.78 is 7.84. The second kappa shape index (κ2) is 6.53. The Balaban J connectivity index is 2.10. The van der Waals surface area contributed by atoms with E-state index in [9.17, 15) is 0 Å². The summed E-state index contributed by atoms with van der Waals surface area (Å²) in [4.78, 5) is 0. The number of nitrogens with zero attached hydrogens (tertiary/aromatic N) is 2. The van der Waals surface area contributed by atoms with Gasteiger partial charge in [-0.3, -0.25) is 4.68 Å². The number of rotatable bonds is 8. The molecule has 0 amide bonds. The number of aromatic nitrogens is 2. The second-order valence-corrected chi connectivity index (χ2v) is 5.43. The molecule has 4 nitrogen and oxygen atoms in total. The molecule has 0 bridgehead atoms. The molecule has 19 heavy (non-hydrogen) atoms. The monoisotopic (exact) mass is 265 g/mol. The fourth-order valence-corrected chi connectivity index (χ4v) is 2.84. The molecule has 1 aliphatic rings. The first-order valence-corrected chi connectivity index (χ1v) is 7.49. The molecule has 0 spiro atoms. The fraction of sp³-hybridized carbons (Fsp3) is 0.800. The van der Waals surface area contributed by atoms with E-state index in [1.807, 2.05) is 14.2 Å². The largest absolute Gasteiger partial charge is 0.380 e. The Kier molecular flexibility index (Phi) is 4.99. The first-order valence-electron chi connectivity index (χ1n) is 7.49. The van der Waals surface area contributed by atoms with Crippen molar-refractivity contribution < 1.29 is 4.74 Å². The van der Waals surface area contributed by atoms with Crippen molar-refractivity contribution in [3.63, 3.8) is 0 Å². The Labute approximate surface area is 116 Å². The normalized spacial score (nSPS) is 18.5. The Morgan fingerprint density at radius 1 is 1.47 bits per heavy atom. The van der Waals surface area contributed by atoms with Gasteiger partial charge in [0.05, 0.1) is 11.8 Å². The highest BCUT2D eigenvalue weighted by atomic mass is 16.5. The summed E-state index contributed by atoms with van der Waals surface area (Å²) in [6, 6.07) is 2.62. The van der Waals surface area contributed by atoms with Crippen LogP contribution < -0.4 is 5.32 Å².